The lowest BCUT2D eigenvalue weighted by Crippen LogP contribution is -2.69. The molecule has 0 saturated carbocycles. The first-order valence-corrected chi connectivity index (χ1v) is 22.6. The summed E-state index contributed by atoms with van der Waals surface area (Å²) < 4.78 is 29.9. The van der Waals surface area contributed by atoms with Crippen LogP contribution in [-0.4, -0.2) is 27.4 Å². The van der Waals surface area contributed by atoms with E-state index in [2.05, 4.69) is 198 Å². The average Bonchev–Trinajstić information content (AvgIpc) is 3.32. The Morgan fingerprint density at radius 1 is 0.565 bits per heavy atom. The van der Waals surface area contributed by atoms with Crippen LogP contribution >= 0.6 is 0 Å². The molecule has 0 heterocycles. The van der Waals surface area contributed by atoms with Gasteiger partial charge in [0.05, 0.1) is 18.8 Å². The van der Waals surface area contributed by atoms with Crippen LogP contribution < -0.4 is 9.47 Å². The molecule has 4 nitrogen and oxygen atoms in total. The van der Waals surface area contributed by atoms with Crippen molar-refractivity contribution in [3.8, 4) is 33.8 Å². The second-order valence-electron chi connectivity index (χ2n) is 17.2. The summed E-state index contributed by atoms with van der Waals surface area (Å²) in [5.74, 6) is 1.15. The van der Waals surface area contributed by atoms with Crippen molar-refractivity contribution >= 4 is 10.8 Å². The SMILES string of the molecule is CCCCCCOc1c(-c2ccccc2)c(OCC)c(-c2ccccc2)c2c1C(c1ccccc1)C(C)(c1ccccc1)C(OC)(c1cccc3ccccc13)C2(OC)C(C)C. The molecule has 0 fully saturated rings. The van der Waals surface area contributed by atoms with Gasteiger partial charge in [0, 0.05) is 42.2 Å². The third-order valence-electron chi connectivity index (χ3n) is 13.7. The lowest BCUT2D eigenvalue weighted by Gasteiger charge is -2.66. The van der Waals surface area contributed by atoms with Crippen LogP contribution in [0, 0.1) is 5.92 Å². The van der Waals surface area contributed by atoms with E-state index >= 15 is 0 Å². The highest BCUT2D eigenvalue weighted by atomic mass is 16.6. The summed E-state index contributed by atoms with van der Waals surface area (Å²) in [6.07, 6.45) is 4.33. The van der Waals surface area contributed by atoms with Gasteiger partial charge in [0.1, 0.15) is 22.7 Å². The van der Waals surface area contributed by atoms with Crippen molar-refractivity contribution in [1.29, 1.82) is 0 Å². The molecule has 0 aromatic heterocycles. The topological polar surface area (TPSA) is 36.9 Å². The Morgan fingerprint density at radius 3 is 1.74 bits per heavy atom. The number of ether oxygens (including phenoxy) is 4. The predicted octanol–water partition coefficient (Wildman–Crippen LogP) is 14.7. The van der Waals surface area contributed by atoms with Crippen molar-refractivity contribution in [1.82, 2.24) is 0 Å². The van der Waals surface area contributed by atoms with Gasteiger partial charge in [-0.1, -0.05) is 211 Å². The van der Waals surface area contributed by atoms with Crippen LogP contribution in [0.1, 0.15) is 94.0 Å². The van der Waals surface area contributed by atoms with E-state index in [1.807, 2.05) is 14.2 Å². The summed E-state index contributed by atoms with van der Waals surface area (Å²) in [5.41, 5.74) is 6.34. The fraction of sp³-hybridized carbons (Fsp3) is 0.310. The zero-order valence-electron chi connectivity index (χ0n) is 37.6. The number of benzene rings is 7. The Balaban J connectivity index is 1.72. The second-order valence-corrected chi connectivity index (χ2v) is 17.2. The maximum atomic E-state index is 7.68. The van der Waals surface area contributed by atoms with E-state index in [1.165, 1.54) is 0 Å². The first-order chi connectivity index (χ1) is 30.3. The highest BCUT2D eigenvalue weighted by Gasteiger charge is 2.73. The molecule has 0 saturated heterocycles. The molecule has 0 N–H and O–H groups in total. The molecule has 4 heteroatoms. The van der Waals surface area contributed by atoms with Gasteiger partial charge in [-0.3, -0.25) is 0 Å². The Bertz CT molecular complexity index is 2570. The smallest absolute Gasteiger partial charge is 0.139 e. The summed E-state index contributed by atoms with van der Waals surface area (Å²) in [7, 11) is 3.80. The number of hydrogen-bond donors (Lipinski definition) is 0. The van der Waals surface area contributed by atoms with E-state index in [0.717, 1.165) is 98.0 Å². The van der Waals surface area contributed by atoms with Gasteiger partial charge in [-0.25, -0.2) is 0 Å². The van der Waals surface area contributed by atoms with E-state index in [9.17, 15) is 0 Å². The van der Waals surface area contributed by atoms with Gasteiger partial charge in [-0.05, 0) is 57.9 Å². The standard InChI is InChI=1S/C58H62O4/c1-8-10-11-26-40-62-55-50(44-31-18-13-19-32-44)54(61-9-2)49(43-29-16-12-17-30-43)53-51(55)52(45-33-20-14-21-34-45)56(5,46-36-22-15-23-37-46)58(60-7,57(53,59-6)41(3)4)48-39-27-35-42-28-24-25-38-47(42)48/h12-25,27-39,41,52H,8-11,26,40H2,1-7H3. The third kappa shape index (κ3) is 6.74. The normalized spacial score (nSPS) is 20.9. The summed E-state index contributed by atoms with van der Waals surface area (Å²) in [6, 6.07) is 58.9. The van der Waals surface area contributed by atoms with Crippen molar-refractivity contribution < 1.29 is 18.9 Å². The highest BCUT2D eigenvalue weighted by molar-refractivity contribution is 5.94. The molecule has 0 aliphatic heterocycles. The van der Waals surface area contributed by atoms with Gasteiger partial charge < -0.3 is 18.9 Å². The molecule has 7 aromatic rings. The van der Waals surface area contributed by atoms with E-state index in [4.69, 9.17) is 18.9 Å². The van der Waals surface area contributed by atoms with Crippen LogP contribution in [0.25, 0.3) is 33.0 Å². The molecule has 8 rings (SSSR count). The first kappa shape index (κ1) is 43.0. The van der Waals surface area contributed by atoms with Gasteiger partial charge in [0.15, 0.2) is 0 Å². The van der Waals surface area contributed by atoms with Crippen LogP contribution in [0.5, 0.6) is 11.5 Å². The summed E-state index contributed by atoms with van der Waals surface area (Å²) in [4.78, 5) is 0. The first-order valence-electron chi connectivity index (χ1n) is 22.6. The molecule has 1 aliphatic carbocycles. The highest BCUT2D eigenvalue weighted by Crippen LogP contribution is 2.73. The fourth-order valence-electron chi connectivity index (χ4n) is 11.3. The molecular weight excluding hydrogens is 761 g/mol. The minimum atomic E-state index is -1.18. The summed E-state index contributed by atoms with van der Waals surface area (Å²) in [6.45, 7) is 12.4. The molecule has 0 bridgehead atoms. The van der Waals surface area contributed by atoms with Crippen molar-refractivity contribution in [2.75, 3.05) is 27.4 Å². The molecule has 318 valence electrons. The molecule has 7 aromatic carbocycles. The Labute approximate surface area is 369 Å². The number of rotatable bonds is 16. The zero-order valence-corrected chi connectivity index (χ0v) is 37.6. The Kier molecular flexibility index (Phi) is 12.7. The number of unbranched alkanes of at least 4 members (excludes halogenated alkanes) is 3. The predicted molar refractivity (Wildman–Crippen MR) is 256 cm³/mol. The van der Waals surface area contributed by atoms with Crippen molar-refractivity contribution in [3.05, 3.63) is 192 Å². The maximum absolute atomic E-state index is 7.68. The lowest BCUT2D eigenvalue weighted by molar-refractivity contribution is -0.261. The van der Waals surface area contributed by atoms with Crippen LogP contribution in [0.4, 0.5) is 0 Å². The molecule has 4 unspecified atom stereocenters. The summed E-state index contributed by atoms with van der Waals surface area (Å²) >= 11 is 0. The van der Waals surface area contributed by atoms with Crippen molar-refractivity contribution in [2.45, 2.75) is 82.8 Å². The monoisotopic (exact) mass is 822 g/mol. The molecule has 0 spiro atoms. The van der Waals surface area contributed by atoms with Crippen LogP contribution in [-0.2, 0) is 26.1 Å². The minimum Gasteiger partial charge on any atom is -0.492 e. The van der Waals surface area contributed by atoms with E-state index < -0.39 is 16.6 Å². The average molecular weight is 823 g/mol. The Hall–Kier alpha value is -5.68. The van der Waals surface area contributed by atoms with E-state index in [-0.39, 0.29) is 11.8 Å². The lowest BCUT2D eigenvalue weighted by atomic mass is 9.43. The van der Waals surface area contributed by atoms with Crippen molar-refractivity contribution in [2.24, 2.45) is 5.92 Å². The van der Waals surface area contributed by atoms with Crippen LogP contribution in [0.2, 0.25) is 0 Å². The second kappa shape index (κ2) is 18.3. The van der Waals surface area contributed by atoms with Crippen LogP contribution in [0.3, 0.4) is 0 Å². The van der Waals surface area contributed by atoms with Gasteiger partial charge in [0.2, 0.25) is 0 Å². The molecular formula is C58H62O4. The van der Waals surface area contributed by atoms with E-state index in [1.54, 1.807) is 0 Å². The molecule has 4 atom stereocenters. The number of hydrogen-bond acceptors (Lipinski definition) is 4. The summed E-state index contributed by atoms with van der Waals surface area (Å²) in [5, 5.41) is 2.26. The van der Waals surface area contributed by atoms with E-state index in [0.29, 0.717) is 13.2 Å². The maximum Gasteiger partial charge on any atom is 0.139 e. The Morgan fingerprint density at radius 2 is 1.15 bits per heavy atom. The van der Waals surface area contributed by atoms with Gasteiger partial charge >= 0.3 is 0 Å². The van der Waals surface area contributed by atoms with Crippen LogP contribution in [0.15, 0.2) is 164 Å². The fourth-order valence-corrected chi connectivity index (χ4v) is 11.3. The largest absolute Gasteiger partial charge is 0.492 e. The van der Waals surface area contributed by atoms with Gasteiger partial charge in [-0.15, -0.1) is 0 Å². The molecule has 0 amide bonds. The molecule has 1 aliphatic rings. The zero-order chi connectivity index (χ0) is 43.3. The quantitative estimate of drug-likeness (QED) is 0.0910. The third-order valence-corrected chi connectivity index (χ3v) is 13.7. The van der Waals surface area contributed by atoms with Crippen molar-refractivity contribution in [3.63, 3.8) is 0 Å². The van der Waals surface area contributed by atoms with Gasteiger partial charge in [-0.2, -0.15) is 0 Å². The molecule has 62 heavy (non-hydrogen) atoms. The number of fused-ring (bicyclic) bond motifs is 2. The number of methoxy groups -OCH3 is 2. The van der Waals surface area contributed by atoms with Gasteiger partial charge in [0.25, 0.3) is 0 Å². The molecule has 0 radical (unpaired) electrons. The minimum absolute atomic E-state index is 0.151.